The van der Waals surface area contributed by atoms with Gasteiger partial charge in [-0.1, -0.05) is 13.8 Å². The van der Waals surface area contributed by atoms with Gasteiger partial charge in [0, 0.05) is 5.54 Å². The van der Waals surface area contributed by atoms with Crippen molar-refractivity contribution < 1.29 is 15.0 Å². The summed E-state index contributed by atoms with van der Waals surface area (Å²) < 4.78 is 0. The van der Waals surface area contributed by atoms with Crippen LogP contribution in [0.15, 0.2) is 0 Å². The normalized spacial score (nSPS) is 48.5. The molecule has 2 unspecified atom stereocenters. The molecule has 0 heterocycles. The Labute approximate surface area is 127 Å². The van der Waals surface area contributed by atoms with E-state index < -0.39 is 22.8 Å². The Morgan fingerprint density at radius 3 is 1.76 bits per heavy atom. The molecule has 4 fully saturated rings. The summed E-state index contributed by atoms with van der Waals surface area (Å²) in [6.07, 6.45) is 4.31. The summed E-state index contributed by atoms with van der Waals surface area (Å²) in [5.41, 5.74) is -1.40. The number of hydrogen-bond donors (Lipinski definition) is 2. The summed E-state index contributed by atoms with van der Waals surface area (Å²) in [6, 6.07) is 0. The lowest BCUT2D eigenvalue weighted by Crippen LogP contribution is -2.73. The molecule has 2 N–H and O–H groups in total. The van der Waals surface area contributed by atoms with Crippen molar-refractivity contribution in [2.24, 2.45) is 10.8 Å². The van der Waals surface area contributed by atoms with Crippen LogP contribution in [0.25, 0.3) is 0 Å². The van der Waals surface area contributed by atoms with Gasteiger partial charge in [0.15, 0.2) is 0 Å². The first kappa shape index (κ1) is 15.1. The van der Waals surface area contributed by atoms with Gasteiger partial charge in [-0.25, -0.2) is 4.79 Å². The molecule has 120 valence electrons. The first-order chi connectivity index (χ1) is 9.31. The van der Waals surface area contributed by atoms with Crippen LogP contribution in [-0.2, 0) is 0 Å². The zero-order valence-corrected chi connectivity index (χ0v) is 14.0. The topological polar surface area (TPSA) is 60.8 Å². The first-order valence-corrected chi connectivity index (χ1v) is 8.06. The van der Waals surface area contributed by atoms with Gasteiger partial charge < -0.3 is 10.2 Å². The number of amides is 1. The van der Waals surface area contributed by atoms with E-state index in [1.54, 1.807) is 4.90 Å². The van der Waals surface area contributed by atoms with Gasteiger partial charge in [0.2, 0.25) is 0 Å². The molecular weight excluding hydrogens is 266 g/mol. The Morgan fingerprint density at radius 1 is 0.952 bits per heavy atom. The van der Waals surface area contributed by atoms with Crippen LogP contribution < -0.4 is 0 Å². The Morgan fingerprint density at radius 2 is 1.43 bits per heavy atom. The van der Waals surface area contributed by atoms with Crippen LogP contribution in [-0.4, -0.2) is 37.9 Å². The number of carboxylic acid groups (broad SMARTS) is 1. The highest BCUT2D eigenvalue weighted by Crippen LogP contribution is 2.69. The van der Waals surface area contributed by atoms with Gasteiger partial charge in [0.1, 0.15) is 0 Å². The minimum absolute atomic E-state index is 0.0667. The summed E-state index contributed by atoms with van der Waals surface area (Å²) in [7, 11) is 0. The lowest BCUT2D eigenvalue weighted by molar-refractivity contribution is -0.233. The highest BCUT2D eigenvalue weighted by atomic mass is 16.4. The molecule has 0 saturated heterocycles. The molecule has 4 heteroatoms. The molecule has 0 aromatic heterocycles. The summed E-state index contributed by atoms with van der Waals surface area (Å²) in [6.45, 7) is 10.4. The third kappa shape index (κ3) is 2.18. The largest absolute Gasteiger partial charge is 0.465 e. The van der Waals surface area contributed by atoms with E-state index in [4.69, 9.17) is 0 Å². The fourth-order valence-corrected chi connectivity index (χ4v) is 7.01. The smallest absolute Gasteiger partial charge is 0.408 e. The lowest BCUT2D eigenvalue weighted by Gasteiger charge is -2.70. The Kier molecular flexibility index (Phi) is 2.71. The maximum absolute atomic E-state index is 12.0. The van der Waals surface area contributed by atoms with Crippen LogP contribution in [0.5, 0.6) is 0 Å². The molecule has 4 rings (SSSR count). The Hall–Kier alpha value is -0.770. The number of aliphatic hydroxyl groups is 1. The molecule has 1 amide bonds. The van der Waals surface area contributed by atoms with Crippen LogP contribution in [0, 0.1) is 10.8 Å². The summed E-state index contributed by atoms with van der Waals surface area (Å²) in [5.74, 6) is 0. The Bertz CT molecular complexity index is 439. The molecule has 0 spiro atoms. The minimum Gasteiger partial charge on any atom is -0.465 e. The molecule has 2 atom stereocenters. The fourth-order valence-electron chi connectivity index (χ4n) is 7.01. The summed E-state index contributed by atoms with van der Waals surface area (Å²) in [4.78, 5) is 13.7. The van der Waals surface area contributed by atoms with E-state index in [-0.39, 0.29) is 10.8 Å². The molecule has 0 aromatic rings. The van der Waals surface area contributed by atoms with Crippen LogP contribution in [0.3, 0.4) is 0 Å². The van der Waals surface area contributed by atoms with Crippen molar-refractivity contribution in [3.8, 4) is 0 Å². The zero-order chi connectivity index (χ0) is 15.9. The second-order valence-corrected chi connectivity index (χ2v) is 9.92. The third-order valence-corrected chi connectivity index (χ3v) is 5.87. The summed E-state index contributed by atoms with van der Waals surface area (Å²) in [5, 5.41) is 20.9. The third-order valence-electron chi connectivity index (χ3n) is 5.87. The van der Waals surface area contributed by atoms with Crippen LogP contribution in [0.1, 0.15) is 73.1 Å². The van der Waals surface area contributed by atoms with Crippen LogP contribution >= 0.6 is 0 Å². The van der Waals surface area contributed by atoms with Gasteiger partial charge >= 0.3 is 6.09 Å². The van der Waals surface area contributed by atoms with E-state index in [2.05, 4.69) is 13.8 Å². The predicted molar refractivity (Wildman–Crippen MR) is 81.2 cm³/mol. The second kappa shape index (κ2) is 3.76. The van der Waals surface area contributed by atoms with E-state index in [1.165, 1.54) is 0 Å². The molecule has 4 aliphatic rings. The number of rotatable bonds is 1. The summed E-state index contributed by atoms with van der Waals surface area (Å²) >= 11 is 0. The zero-order valence-electron chi connectivity index (χ0n) is 14.0. The standard InChI is InChI=1S/C17H29NO3/c1-13(2,3)18(12(19)20)16-7-14(4)6-15(5,8-16)10-17(21,9-14)11-16/h21H,6-11H2,1-5H3,(H,19,20). The van der Waals surface area contributed by atoms with E-state index in [9.17, 15) is 15.0 Å². The van der Waals surface area contributed by atoms with Crippen molar-refractivity contribution in [3.05, 3.63) is 0 Å². The molecule has 0 aliphatic heterocycles. The number of carbonyl (C=O) groups is 1. The highest BCUT2D eigenvalue weighted by molar-refractivity contribution is 5.67. The quantitative estimate of drug-likeness (QED) is 0.776. The van der Waals surface area contributed by atoms with Crippen molar-refractivity contribution in [1.29, 1.82) is 0 Å². The van der Waals surface area contributed by atoms with Crippen molar-refractivity contribution in [1.82, 2.24) is 4.90 Å². The lowest BCUT2D eigenvalue weighted by atomic mass is 9.41. The van der Waals surface area contributed by atoms with Gasteiger partial charge in [0.25, 0.3) is 0 Å². The average Bonchev–Trinajstić information content (AvgIpc) is 2.02. The average molecular weight is 295 g/mol. The molecule has 0 radical (unpaired) electrons. The van der Waals surface area contributed by atoms with Crippen molar-refractivity contribution >= 4 is 6.09 Å². The molecule has 4 bridgehead atoms. The van der Waals surface area contributed by atoms with Gasteiger partial charge in [-0.2, -0.15) is 0 Å². The minimum atomic E-state index is -0.847. The van der Waals surface area contributed by atoms with E-state index in [0.717, 1.165) is 32.1 Å². The van der Waals surface area contributed by atoms with Crippen molar-refractivity contribution in [3.63, 3.8) is 0 Å². The number of nitrogens with zero attached hydrogens (tertiary/aromatic N) is 1. The predicted octanol–water partition coefficient (Wildman–Crippen LogP) is 3.63. The van der Waals surface area contributed by atoms with Gasteiger partial charge in [-0.05, 0) is 70.1 Å². The van der Waals surface area contributed by atoms with Crippen LogP contribution in [0.4, 0.5) is 4.79 Å². The molecule has 4 aliphatic carbocycles. The van der Waals surface area contributed by atoms with E-state index in [1.807, 2.05) is 20.8 Å². The molecule has 4 nitrogen and oxygen atoms in total. The molecular formula is C17H29NO3. The Balaban J connectivity index is 2.11. The van der Waals surface area contributed by atoms with Gasteiger partial charge in [0.05, 0.1) is 11.1 Å². The van der Waals surface area contributed by atoms with Gasteiger partial charge in [-0.15, -0.1) is 0 Å². The molecule has 0 aromatic carbocycles. The van der Waals surface area contributed by atoms with Crippen molar-refractivity contribution in [2.75, 3.05) is 0 Å². The van der Waals surface area contributed by atoms with Crippen LogP contribution in [0.2, 0.25) is 0 Å². The maximum atomic E-state index is 12.0. The first-order valence-electron chi connectivity index (χ1n) is 8.06. The van der Waals surface area contributed by atoms with Crippen molar-refractivity contribution in [2.45, 2.75) is 89.8 Å². The highest BCUT2D eigenvalue weighted by Gasteiger charge is 2.68. The molecule has 4 saturated carbocycles. The molecule has 21 heavy (non-hydrogen) atoms. The maximum Gasteiger partial charge on any atom is 0.408 e. The van der Waals surface area contributed by atoms with E-state index >= 15 is 0 Å². The monoisotopic (exact) mass is 295 g/mol. The second-order valence-electron chi connectivity index (χ2n) is 9.92. The van der Waals surface area contributed by atoms with Gasteiger partial charge in [-0.3, -0.25) is 4.90 Å². The fraction of sp³-hybridized carbons (Fsp3) is 0.941. The van der Waals surface area contributed by atoms with E-state index in [0.29, 0.717) is 6.42 Å². The number of hydrogen-bond acceptors (Lipinski definition) is 2. The SMILES string of the molecule is CC12CC3(C)CC(O)(C1)CC(N(C(=O)O)C(C)(C)C)(C2)C3.